The highest BCUT2D eigenvalue weighted by Crippen LogP contribution is 2.29. The third kappa shape index (κ3) is 4.65. The molecule has 0 saturated heterocycles. The summed E-state index contributed by atoms with van der Waals surface area (Å²) >= 11 is 0. The molecule has 1 aromatic heterocycles. The van der Waals surface area contributed by atoms with Crippen LogP contribution in [0.2, 0.25) is 0 Å². The van der Waals surface area contributed by atoms with Gasteiger partial charge in [-0.05, 0) is 30.0 Å². The van der Waals surface area contributed by atoms with E-state index in [1.165, 1.54) is 0 Å². The first-order valence-electron chi connectivity index (χ1n) is 10.0. The van der Waals surface area contributed by atoms with E-state index in [-0.39, 0.29) is 11.7 Å². The van der Waals surface area contributed by atoms with Crippen molar-refractivity contribution in [1.82, 2.24) is 15.8 Å². The number of benzene rings is 2. The summed E-state index contributed by atoms with van der Waals surface area (Å²) in [5.74, 6) is 1.19. The van der Waals surface area contributed by atoms with Crippen LogP contribution in [0, 0.1) is 5.82 Å². The number of nitrogens with zero attached hydrogens (tertiary/aromatic N) is 2. The van der Waals surface area contributed by atoms with E-state index >= 15 is 0 Å². The molecule has 4 rings (SSSR count). The number of aliphatic imine (C=N–C) groups is 1. The molecular weight excluding hydrogens is 367 g/mol. The molecule has 0 bridgehead atoms. The number of rotatable bonds is 5. The maximum absolute atomic E-state index is 14.7. The number of guanidine groups is 1. The zero-order valence-electron chi connectivity index (χ0n) is 16.5. The van der Waals surface area contributed by atoms with Crippen molar-refractivity contribution >= 4 is 5.96 Å². The lowest BCUT2D eigenvalue weighted by molar-refractivity contribution is 0.369. The normalized spacial score (nSPS) is 15.2. The summed E-state index contributed by atoms with van der Waals surface area (Å²) in [5, 5.41) is 10.7. The summed E-state index contributed by atoms with van der Waals surface area (Å²) in [4.78, 5) is 4.47. The maximum Gasteiger partial charge on any atom is 0.191 e. The zero-order valence-corrected chi connectivity index (χ0v) is 16.5. The standard InChI is InChI=1S/C23H25FN4O/c1-16(18-9-10-20(21(24)13-18)17-7-3-2-4-8-17)22-14-19(28-29-22)15-27-23-25-11-5-6-12-26-23/h2-4,7-10,13-14,16H,5-6,11-12,15H2,1H3,(H2,25,26,27). The van der Waals surface area contributed by atoms with Gasteiger partial charge in [-0.2, -0.15) is 0 Å². The van der Waals surface area contributed by atoms with Crippen molar-refractivity contribution in [2.45, 2.75) is 32.2 Å². The molecule has 5 nitrogen and oxygen atoms in total. The molecule has 0 amide bonds. The molecule has 1 aliphatic heterocycles. The maximum atomic E-state index is 14.7. The van der Waals surface area contributed by atoms with Crippen LogP contribution in [0.3, 0.4) is 0 Å². The third-order valence-corrected chi connectivity index (χ3v) is 5.17. The van der Waals surface area contributed by atoms with Crippen molar-refractivity contribution in [2.24, 2.45) is 4.99 Å². The molecule has 0 radical (unpaired) electrons. The van der Waals surface area contributed by atoms with Crippen LogP contribution in [-0.4, -0.2) is 24.2 Å². The van der Waals surface area contributed by atoms with E-state index < -0.39 is 0 Å². The van der Waals surface area contributed by atoms with E-state index in [0.717, 1.165) is 48.7 Å². The van der Waals surface area contributed by atoms with Crippen molar-refractivity contribution in [3.63, 3.8) is 0 Å². The van der Waals surface area contributed by atoms with E-state index in [2.05, 4.69) is 20.8 Å². The largest absolute Gasteiger partial charge is 0.360 e. The van der Waals surface area contributed by atoms with Gasteiger partial charge >= 0.3 is 0 Å². The van der Waals surface area contributed by atoms with E-state index in [9.17, 15) is 4.39 Å². The number of nitrogens with one attached hydrogen (secondary N) is 2. The minimum Gasteiger partial charge on any atom is -0.360 e. The van der Waals surface area contributed by atoms with Crippen LogP contribution in [0.4, 0.5) is 4.39 Å². The van der Waals surface area contributed by atoms with E-state index in [1.807, 2.05) is 55.5 Å². The van der Waals surface area contributed by atoms with Gasteiger partial charge in [-0.3, -0.25) is 4.99 Å². The van der Waals surface area contributed by atoms with Gasteiger partial charge in [0.05, 0.1) is 6.54 Å². The predicted molar refractivity (Wildman–Crippen MR) is 112 cm³/mol. The first-order valence-corrected chi connectivity index (χ1v) is 10.0. The summed E-state index contributed by atoms with van der Waals surface area (Å²) in [6.45, 7) is 4.29. The Balaban J connectivity index is 1.44. The summed E-state index contributed by atoms with van der Waals surface area (Å²) in [5.41, 5.74) is 3.11. The Morgan fingerprint density at radius 2 is 2.00 bits per heavy atom. The topological polar surface area (TPSA) is 62.5 Å². The van der Waals surface area contributed by atoms with Gasteiger partial charge < -0.3 is 15.2 Å². The van der Waals surface area contributed by atoms with Crippen LogP contribution in [-0.2, 0) is 6.54 Å². The molecule has 29 heavy (non-hydrogen) atoms. The predicted octanol–water partition coefficient (Wildman–Crippen LogP) is 4.46. The van der Waals surface area contributed by atoms with Gasteiger partial charge in [-0.25, -0.2) is 4.39 Å². The second-order valence-corrected chi connectivity index (χ2v) is 7.27. The molecule has 6 heteroatoms. The van der Waals surface area contributed by atoms with E-state index in [1.54, 1.807) is 6.07 Å². The van der Waals surface area contributed by atoms with Crippen molar-refractivity contribution < 1.29 is 8.91 Å². The van der Waals surface area contributed by atoms with Crippen LogP contribution < -0.4 is 10.6 Å². The molecule has 0 aliphatic carbocycles. The molecule has 1 atom stereocenters. The highest BCUT2D eigenvalue weighted by molar-refractivity contribution is 5.79. The lowest BCUT2D eigenvalue weighted by Gasteiger charge is -2.11. The Morgan fingerprint density at radius 3 is 2.83 bits per heavy atom. The smallest absolute Gasteiger partial charge is 0.191 e. The van der Waals surface area contributed by atoms with Crippen LogP contribution in [0.15, 0.2) is 64.1 Å². The van der Waals surface area contributed by atoms with Crippen molar-refractivity contribution in [2.75, 3.05) is 13.1 Å². The van der Waals surface area contributed by atoms with Gasteiger partial charge in [0.2, 0.25) is 0 Å². The van der Waals surface area contributed by atoms with Gasteiger partial charge in [0, 0.05) is 30.6 Å². The van der Waals surface area contributed by atoms with Crippen LogP contribution >= 0.6 is 0 Å². The Morgan fingerprint density at radius 1 is 1.14 bits per heavy atom. The summed E-state index contributed by atoms with van der Waals surface area (Å²) < 4.78 is 20.2. The summed E-state index contributed by atoms with van der Waals surface area (Å²) in [6, 6.07) is 16.8. The molecule has 2 aromatic carbocycles. The molecule has 3 aromatic rings. The molecule has 1 aliphatic rings. The summed E-state index contributed by atoms with van der Waals surface area (Å²) in [6.07, 6.45) is 2.23. The molecule has 0 fully saturated rings. The van der Waals surface area contributed by atoms with Crippen molar-refractivity contribution in [3.8, 4) is 11.1 Å². The van der Waals surface area contributed by atoms with Crippen molar-refractivity contribution in [1.29, 1.82) is 0 Å². The lowest BCUT2D eigenvalue weighted by atomic mass is 9.95. The average molecular weight is 392 g/mol. The van der Waals surface area contributed by atoms with Gasteiger partial charge in [0.25, 0.3) is 0 Å². The lowest BCUT2D eigenvalue weighted by Crippen LogP contribution is -2.36. The minimum atomic E-state index is -0.237. The number of halogens is 1. The summed E-state index contributed by atoms with van der Waals surface area (Å²) in [7, 11) is 0. The zero-order chi connectivity index (χ0) is 20.1. The van der Waals surface area contributed by atoms with Crippen LogP contribution in [0.25, 0.3) is 11.1 Å². The highest BCUT2D eigenvalue weighted by atomic mass is 19.1. The Labute approximate surface area is 170 Å². The minimum absolute atomic E-state index is 0.0936. The van der Waals surface area contributed by atoms with Crippen LogP contribution in [0.1, 0.15) is 42.7 Å². The second kappa shape index (κ2) is 8.90. The fourth-order valence-electron chi connectivity index (χ4n) is 3.42. The van der Waals surface area contributed by atoms with E-state index in [0.29, 0.717) is 17.9 Å². The SMILES string of the molecule is CC(c1ccc(-c2ccccc2)c(F)c1)c1cc(CNC2=NCCCCN2)no1. The number of aromatic nitrogens is 1. The third-order valence-electron chi connectivity index (χ3n) is 5.17. The monoisotopic (exact) mass is 392 g/mol. The van der Waals surface area contributed by atoms with Crippen LogP contribution in [0.5, 0.6) is 0 Å². The fourth-order valence-corrected chi connectivity index (χ4v) is 3.42. The Bertz CT molecular complexity index is 984. The molecule has 150 valence electrons. The Kier molecular flexibility index (Phi) is 5.89. The number of hydrogen-bond acceptors (Lipinski definition) is 5. The first-order chi connectivity index (χ1) is 14.2. The van der Waals surface area contributed by atoms with Gasteiger partial charge in [-0.1, -0.05) is 54.5 Å². The molecule has 0 saturated carbocycles. The Hall–Kier alpha value is -3.15. The molecule has 1 unspecified atom stereocenters. The van der Waals surface area contributed by atoms with Gasteiger partial charge in [0.1, 0.15) is 17.3 Å². The fraction of sp³-hybridized carbons (Fsp3) is 0.304. The first kappa shape index (κ1) is 19.2. The highest BCUT2D eigenvalue weighted by Gasteiger charge is 2.17. The van der Waals surface area contributed by atoms with E-state index in [4.69, 9.17) is 4.52 Å². The van der Waals surface area contributed by atoms with Gasteiger partial charge in [-0.15, -0.1) is 0 Å². The van der Waals surface area contributed by atoms with Crippen molar-refractivity contribution in [3.05, 3.63) is 77.4 Å². The molecular formula is C23H25FN4O. The second-order valence-electron chi connectivity index (χ2n) is 7.27. The molecule has 2 N–H and O–H groups in total. The van der Waals surface area contributed by atoms with Gasteiger partial charge in [0.15, 0.2) is 5.96 Å². The average Bonchev–Trinajstić information content (AvgIpc) is 3.07. The quantitative estimate of drug-likeness (QED) is 0.673. The molecule has 2 heterocycles. The molecule has 0 spiro atoms. The number of hydrogen-bond donors (Lipinski definition) is 2.